The van der Waals surface area contributed by atoms with Crippen molar-refractivity contribution in [2.75, 3.05) is 5.32 Å². The molecule has 3 aromatic heterocycles. The summed E-state index contributed by atoms with van der Waals surface area (Å²) in [6.45, 7) is 3.91. The minimum atomic E-state index is -0.384. The van der Waals surface area contributed by atoms with E-state index in [2.05, 4.69) is 33.5 Å². The highest BCUT2D eigenvalue weighted by molar-refractivity contribution is 8.00. The minimum absolute atomic E-state index is 0.139. The van der Waals surface area contributed by atoms with Crippen molar-refractivity contribution < 1.29 is 4.79 Å². The van der Waals surface area contributed by atoms with Crippen molar-refractivity contribution in [3.63, 3.8) is 0 Å². The summed E-state index contributed by atoms with van der Waals surface area (Å²) in [5, 5.41) is 16.1. The summed E-state index contributed by atoms with van der Waals surface area (Å²) in [6, 6.07) is 17.6. The molecule has 0 saturated heterocycles. The van der Waals surface area contributed by atoms with Gasteiger partial charge in [0.25, 0.3) is 0 Å². The predicted octanol–water partition coefficient (Wildman–Crippen LogP) is 6.09. The van der Waals surface area contributed by atoms with Crippen LogP contribution in [0.5, 0.6) is 0 Å². The number of benzene rings is 2. The second kappa shape index (κ2) is 8.54. The van der Waals surface area contributed by atoms with Crippen LogP contribution in [-0.4, -0.2) is 30.7 Å². The number of hydrogen-bond donors (Lipinski definition) is 1. The van der Waals surface area contributed by atoms with Crippen molar-refractivity contribution in [2.45, 2.75) is 24.3 Å². The molecule has 2 aromatic carbocycles. The summed E-state index contributed by atoms with van der Waals surface area (Å²) < 4.78 is 2.00. The van der Waals surface area contributed by atoms with Crippen LogP contribution in [0, 0.1) is 6.92 Å². The van der Waals surface area contributed by atoms with Crippen molar-refractivity contribution in [2.24, 2.45) is 0 Å². The molecule has 6 nitrogen and oxygen atoms in total. The van der Waals surface area contributed by atoms with E-state index in [-0.39, 0.29) is 11.2 Å². The molecular formula is C23H18ClN5OS2. The zero-order valence-corrected chi connectivity index (χ0v) is 19.6. The summed E-state index contributed by atoms with van der Waals surface area (Å²) in [5.41, 5.74) is 4.68. The number of pyridine rings is 1. The molecule has 32 heavy (non-hydrogen) atoms. The molecule has 1 amide bonds. The van der Waals surface area contributed by atoms with Gasteiger partial charge in [-0.05, 0) is 43.7 Å². The molecule has 9 heteroatoms. The van der Waals surface area contributed by atoms with E-state index in [1.807, 2.05) is 65.2 Å². The van der Waals surface area contributed by atoms with Gasteiger partial charge in [0.1, 0.15) is 0 Å². The van der Waals surface area contributed by atoms with E-state index in [9.17, 15) is 4.79 Å². The third-order valence-corrected chi connectivity index (χ3v) is 7.15. The maximum atomic E-state index is 12.8. The van der Waals surface area contributed by atoms with Crippen molar-refractivity contribution in [1.29, 1.82) is 0 Å². The quantitative estimate of drug-likeness (QED) is 0.309. The number of thiazole rings is 1. The highest BCUT2D eigenvalue weighted by Gasteiger charge is 2.20. The van der Waals surface area contributed by atoms with Crippen LogP contribution >= 0.6 is 34.7 Å². The first-order valence-electron chi connectivity index (χ1n) is 9.92. The molecule has 0 spiro atoms. The Bertz CT molecular complexity index is 1440. The third kappa shape index (κ3) is 3.97. The van der Waals surface area contributed by atoms with Crippen LogP contribution in [0.4, 0.5) is 5.13 Å². The molecular weight excluding hydrogens is 462 g/mol. The number of fused-ring (bicyclic) bond motifs is 3. The molecule has 0 bridgehead atoms. The van der Waals surface area contributed by atoms with Gasteiger partial charge in [-0.3, -0.25) is 9.20 Å². The number of halogens is 1. The van der Waals surface area contributed by atoms with Gasteiger partial charge >= 0.3 is 0 Å². The summed E-state index contributed by atoms with van der Waals surface area (Å²) in [6.07, 6.45) is 0. The molecule has 5 rings (SSSR count). The van der Waals surface area contributed by atoms with Gasteiger partial charge in [0.15, 0.2) is 15.9 Å². The maximum absolute atomic E-state index is 12.8. The lowest BCUT2D eigenvalue weighted by atomic mass is 10.1. The standard InChI is InChI=1S/C23H18ClN5OS2/c1-13-11-20-27-28-23(29(20)19-6-4-3-5-17(13)19)32-14(2)21(30)26-22-25-18(12-31-22)15-7-9-16(24)10-8-15/h3-12,14H,1-2H3,(H,25,26,30). The number of nitrogens with zero attached hydrogens (tertiary/aromatic N) is 4. The van der Waals surface area contributed by atoms with Crippen molar-refractivity contribution in [1.82, 2.24) is 19.6 Å². The zero-order chi connectivity index (χ0) is 22.2. The summed E-state index contributed by atoms with van der Waals surface area (Å²) in [7, 11) is 0. The van der Waals surface area contributed by atoms with E-state index in [0.29, 0.717) is 15.3 Å². The normalized spacial score (nSPS) is 12.3. The van der Waals surface area contributed by atoms with Crippen LogP contribution in [0.3, 0.4) is 0 Å². The fourth-order valence-electron chi connectivity index (χ4n) is 3.45. The first-order valence-corrected chi connectivity index (χ1v) is 12.1. The Morgan fingerprint density at radius 2 is 1.94 bits per heavy atom. The summed E-state index contributed by atoms with van der Waals surface area (Å²) in [5.74, 6) is -0.139. The van der Waals surface area contributed by atoms with E-state index in [0.717, 1.165) is 33.4 Å². The number of hydrogen-bond acceptors (Lipinski definition) is 6. The average Bonchev–Trinajstić information content (AvgIpc) is 3.42. The molecule has 0 aliphatic carbocycles. The van der Waals surface area contributed by atoms with E-state index in [4.69, 9.17) is 11.6 Å². The van der Waals surface area contributed by atoms with Crippen LogP contribution in [0.25, 0.3) is 27.8 Å². The molecule has 160 valence electrons. The Morgan fingerprint density at radius 1 is 1.16 bits per heavy atom. The van der Waals surface area contributed by atoms with Crippen molar-refractivity contribution in [3.8, 4) is 11.3 Å². The number of carbonyl (C=O) groups is 1. The molecule has 1 N–H and O–H groups in total. The molecule has 5 aromatic rings. The first-order chi connectivity index (χ1) is 15.5. The lowest BCUT2D eigenvalue weighted by molar-refractivity contribution is -0.115. The Balaban J connectivity index is 1.35. The number of para-hydroxylation sites is 1. The molecule has 1 unspecified atom stereocenters. The molecule has 0 aliphatic rings. The fraction of sp³-hybridized carbons (Fsp3) is 0.130. The predicted molar refractivity (Wildman–Crippen MR) is 132 cm³/mol. The second-order valence-electron chi connectivity index (χ2n) is 7.31. The van der Waals surface area contributed by atoms with E-state index in [1.54, 1.807) is 0 Å². The van der Waals surface area contributed by atoms with Gasteiger partial charge in [0.2, 0.25) is 5.91 Å². The minimum Gasteiger partial charge on any atom is -0.301 e. The highest BCUT2D eigenvalue weighted by Crippen LogP contribution is 2.30. The van der Waals surface area contributed by atoms with Crippen LogP contribution in [-0.2, 0) is 4.79 Å². The van der Waals surface area contributed by atoms with Crippen LogP contribution < -0.4 is 5.32 Å². The van der Waals surface area contributed by atoms with E-state index in [1.165, 1.54) is 23.1 Å². The van der Waals surface area contributed by atoms with Gasteiger partial charge < -0.3 is 5.32 Å². The number of amides is 1. The maximum Gasteiger partial charge on any atom is 0.239 e. The Hall–Kier alpha value is -2.94. The summed E-state index contributed by atoms with van der Waals surface area (Å²) >= 11 is 8.72. The van der Waals surface area contributed by atoms with Gasteiger partial charge in [-0.15, -0.1) is 21.5 Å². The number of nitrogens with one attached hydrogen (secondary N) is 1. The Labute approximate surface area is 197 Å². The summed E-state index contributed by atoms with van der Waals surface area (Å²) in [4.78, 5) is 17.4. The van der Waals surface area contributed by atoms with Crippen LogP contribution in [0.1, 0.15) is 12.5 Å². The van der Waals surface area contributed by atoms with Gasteiger partial charge in [-0.2, -0.15) is 0 Å². The second-order valence-corrected chi connectivity index (χ2v) is 9.92. The highest BCUT2D eigenvalue weighted by atomic mass is 35.5. The van der Waals surface area contributed by atoms with Crippen molar-refractivity contribution in [3.05, 3.63) is 70.6 Å². The Morgan fingerprint density at radius 3 is 2.75 bits per heavy atom. The number of anilines is 1. The molecule has 3 heterocycles. The number of carbonyl (C=O) groups excluding carboxylic acids is 1. The topological polar surface area (TPSA) is 72.2 Å². The third-order valence-electron chi connectivity index (χ3n) is 5.10. The monoisotopic (exact) mass is 479 g/mol. The number of aryl methyl sites for hydroxylation is 1. The fourth-order valence-corrected chi connectivity index (χ4v) is 5.17. The lowest BCUT2D eigenvalue weighted by Gasteiger charge is -2.11. The molecule has 0 fully saturated rings. The van der Waals surface area contributed by atoms with Crippen LogP contribution in [0.15, 0.2) is 65.1 Å². The Kier molecular flexibility index (Phi) is 5.58. The zero-order valence-electron chi connectivity index (χ0n) is 17.2. The number of thioether (sulfide) groups is 1. The van der Waals surface area contributed by atoms with E-state index < -0.39 is 0 Å². The average molecular weight is 480 g/mol. The lowest BCUT2D eigenvalue weighted by Crippen LogP contribution is -2.22. The number of aromatic nitrogens is 4. The molecule has 0 aliphatic heterocycles. The van der Waals surface area contributed by atoms with Gasteiger partial charge in [-0.1, -0.05) is 53.7 Å². The largest absolute Gasteiger partial charge is 0.301 e. The van der Waals surface area contributed by atoms with Crippen molar-refractivity contribution >= 4 is 62.3 Å². The molecule has 1 atom stereocenters. The van der Waals surface area contributed by atoms with E-state index >= 15 is 0 Å². The van der Waals surface area contributed by atoms with Gasteiger partial charge in [-0.25, -0.2) is 4.98 Å². The molecule has 0 radical (unpaired) electrons. The number of rotatable bonds is 5. The van der Waals surface area contributed by atoms with Crippen LogP contribution in [0.2, 0.25) is 5.02 Å². The molecule has 0 saturated carbocycles. The SMILES string of the molecule is Cc1cc2nnc(SC(C)C(=O)Nc3nc(-c4ccc(Cl)cc4)cs3)n2c2ccccc12. The van der Waals surface area contributed by atoms with Gasteiger partial charge in [0.05, 0.1) is 16.5 Å². The van der Waals surface area contributed by atoms with Gasteiger partial charge in [0, 0.05) is 21.4 Å². The smallest absolute Gasteiger partial charge is 0.239 e. The first kappa shape index (κ1) is 20.9.